The summed E-state index contributed by atoms with van der Waals surface area (Å²) in [6.45, 7) is 6.16. The first-order valence-electron chi connectivity index (χ1n) is 12.1. The molecule has 0 spiro atoms. The van der Waals surface area contributed by atoms with Crippen molar-refractivity contribution in [2.75, 3.05) is 41.7 Å². The Morgan fingerprint density at radius 3 is 2.24 bits per heavy atom. The van der Waals surface area contributed by atoms with Crippen molar-refractivity contribution in [3.63, 3.8) is 0 Å². The van der Waals surface area contributed by atoms with Gasteiger partial charge in [0.05, 0.1) is 12.0 Å². The average Bonchev–Trinajstić information content (AvgIpc) is 3.35. The summed E-state index contributed by atoms with van der Waals surface area (Å²) in [6, 6.07) is 19.3. The van der Waals surface area contributed by atoms with Gasteiger partial charge in [0.1, 0.15) is 0 Å². The van der Waals surface area contributed by atoms with E-state index in [-0.39, 0.29) is 11.8 Å². The molecule has 4 aromatic rings. The molecule has 0 aliphatic carbocycles. The third-order valence-electron chi connectivity index (χ3n) is 6.27. The number of nitrogens with one attached hydrogen (secondary N) is 2. The summed E-state index contributed by atoms with van der Waals surface area (Å²) in [5, 5.41) is 6.03. The third-order valence-corrected chi connectivity index (χ3v) is 6.27. The van der Waals surface area contributed by atoms with Crippen LogP contribution in [0.2, 0.25) is 0 Å². The molecule has 0 unspecified atom stereocenters. The van der Waals surface area contributed by atoms with Crippen LogP contribution in [0.25, 0.3) is 11.3 Å². The van der Waals surface area contributed by atoms with Crippen molar-refractivity contribution in [1.29, 1.82) is 0 Å². The molecule has 37 heavy (non-hydrogen) atoms. The van der Waals surface area contributed by atoms with Crippen molar-refractivity contribution in [3.8, 4) is 11.3 Å². The molecule has 9 heteroatoms. The maximum atomic E-state index is 12.7. The molecule has 5 rings (SSSR count). The van der Waals surface area contributed by atoms with E-state index in [0.29, 0.717) is 24.8 Å². The monoisotopic (exact) mass is 496 g/mol. The fourth-order valence-electron chi connectivity index (χ4n) is 4.30. The van der Waals surface area contributed by atoms with Crippen LogP contribution in [0.3, 0.4) is 0 Å². The maximum Gasteiger partial charge on any atom is 0.289 e. The molecular formula is C28H28N6O3. The molecule has 2 N–H and O–H groups in total. The first kappa shape index (κ1) is 24.1. The molecule has 0 saturated carbocycles. The van der Waals surface area contributed by atoms with Gasteiger partial charge in [-0.05, 0) is 55.5 Å². The Labute approximate surface area is 215 Å². The highest BCUT2D eigenvalue weighted by Crippen LogP contribution is 2.24. The lowest BCUT2D eigenvalue weighted by atomic mass is 10.1. The third kappa shape index (κ3) is 5.61. The molecular weight excluding hydrogens is 468 g/mol. The van der Waals surface area contributed by atoms with Crippen LogP contribution in [0, 0.1) is 6.92 Å². The van der Waals surface area contributed by atoms with E-state index in [1.54, 1.807) is 12.5 Å². The van der Waals surface area contributed by atoms with Crippen molar-refractivity contribution in [1.82, 2.24) is 14.9 Å². The number of carbonyl (C=O) groups excluding carboxylic acids is 2. The van der Waals surface area contributed by atoms with Crippen molar-refractivity contribution < 1.29 is 14.0 Å². The Bertz CT molecular complexity index is 1390. The van der Waals surface area contributed by atoms with E-state index in [1.165, 1.54) is 6.92 Å². The molecule has 0 radical (unpaired) electrons. The lowest BCUT2D eigenvalue weighted by molar-refractivity contribution is -0.114. The molecule has 188 valence electrons. The van der Waals surface area contributed by atoms with Gasteiger partial charge in [0.2, 0.25) is 11.9 Å². The highest BCUT2D eigenvalue weighted by Gasteiger charge is 2.25. The lowest BCUT2D eigenvalue weighted by Crippen LogP contribution is -2.48. The number of piperazine rings is 1. The number of amides is 2. The SMILES string of the molecule is CC(=O)Nc1ccc(-c2ccnc(Nc3ccc(N4CCN(C(=O)c5occc5C)CC4)cc3)n2)cc1. The summed E-state index contributed by atoms with van der Waals surface area (Å²) < 4.78 is 5.37. The summed E-state index contributed by atoms with van der Waals surface area (Å²) in [4.78, 5) is 37.0. The first-order valence-corrected chi connectivity index (χ1v) is 12.1. The molecule has 9 nitrogen and oxygen atoms in total. The number of carbonyl (C=O) groups is 2. The summed E-state index contributed by atoms with van der Waals surface area (Å²) in [5.74, 6) is 0.770. The summed E-state index contributed by atoms with van der Waals surface area (Å²) in [5.41, 5.74) is 5.29. The average molecular weight is 497 g/mol. The van der Waals surface area contributed by atoms with Gasteiger partial charge in [-0.25, -0.2) is 9.97 Å². The first-order chi connectivity index (χ1) is 18.0. The Hall–Kier alpha value is -4.66. The maximum absolute atomic E-state index is 12.7. The van der Waals surface area contributed by atoms with Gasteiger partial charge in [0.15, 0.2) is 5.76 Å². The number of aryl methyl sites for hydroxylation is 1. The van der Waals surface area contributed by atoms with E-state index >= 15 is 0 Å². The normalized spacial score (nSPS) is 13.4. The number of rotatable bonds is 6. The van der Waals surface area contributed by atoms with E-state index in [0.717, 1.165) is 47.0 Å². The van der Waals surface area contributed by atoms with Gasteiger partial charge in [-0.1, -0.05) is 12.1 Å². The van der Waals surface area contributed by atoms with E-state index in [2.05, 4.69) is 37.6 Å². The van der Waals surface area contributed by atoms with Crippen LogP contribution in [-0.2, 0) is 4.79 Å². The van der Waals surface area contributed by atoms with Crippen LogP contribution >= 0.6 is 0 Å². The van der Waals surface area contributed by atoms with E-state index in [9.17, 15) is 9.59 Å². The van der Waals surface area contributed by atoms with Gasteiger partial charge < -0.3 is 24.9 Å². The second kappa shape index (κ2) is 10.5. The highest BCUT2D eigenvalue weighted by molar-refractivity contribution is 5.93. The smallest absolute Gasteiger partial charge is 0.289 e. The van der Waals surface area contributed by atoms with Crippen LogP contribution in [0.1, 0.15) is 23.0 Å². The minimum atomic E-state index is -0.107. The fraction of sp³-hybridized carbons (Fsp3) is 0.214. The van der Waals surface area contributed by atoms with E-state index in [1.807, 2.05) is 60.4 Å². The number of anilines is 4. The predicted octanol–water partition coefficient (Wildman–Crippen LogP) is 4.71. The number of benzene rings is 2. The molecule has 1 aliphatic heterocycles. The van der Waals surface area contributed by atoms with Crippen molar-refractivity contribution in [2.24, 2.45) is 0 Å². The number of furan rings is 1. The Morgan fingerprint density at radius 1 is 0.892 bits per heavy atom. The van der Waals surface area contributed by atoms with Crippen LogP contribution in [0.4, 0.5) is 23.0 Å². The molecule has 1 fully saturated rings. The zero-order valence-corrected chi connectivity index (χ0v) is 20.8. The molecule has 3 heterocycles. The van der Waals surface area contributed by atoms with Gasteiger partial charge in [-0.15, -0.1) is 0 Å². The van der Waals surface area contributed by atoms with Gasteiger partial charge in [-0.2, -0.15) is 0 Å². The quantitative estimate of drug-likeness (QED) is 0.398. The molecule has 2 aromatic heterocycles. The fourth-order valence-corrected chi connectivity index (χ4v) is 4.30. The number of nitrogens with zero attached hydrogens (tertiary/aromatic N) is 4. The number of aromatic nitrogens is 2. The van der Waals surface area contributed by atoms with Gasteiger partial charge >= 0.3 is 0 Å². The molecule has 0 atom stereocenters. The predicted molar refractivity (Wildman–Crippen MR) is 143 cm³/mol. The Morgan fingerprint density at radius 2 is 1.59 bits per heavy atom. The highest BCUT2D eigenvalue weighted by atomic mass is 16.3. The zero-order chi connectivity index (χ0) is 25.8. The zero-order valence-electron chi connectivity index (χ0n) is 20.8. The van der Waals surface area contributed by atoms with Gasteiger partial charge in [0, 0.05) is 67.5 Å². The summed E-state index contributed by atoms with van der Waals surface area (Å²) >= 11 is 0. The van der Waals surface area contributed by atoms with E-state index < -0.39 is 0 Å². The van der Waals surface area contributed by atoms with E-state index in [4.69, 9.17) is 4.42 Å². The second-order valence-corrected chi connectivity index (χ2v) is 8.91. The lowest BCUT2D eigenvalue weighted by Gasteiger charge is -2.35. The van der Waals surface area contributed by atoms with Gasteiger partial charge in [-0.3, -0.25) is 9.59 Å². The molecule has 1 aliphatic rings. The second-order valence-electron chi connectivity index (χ2n) is 8.91. The van der Waals surface area contributed by atoms with Crippen molar-refractivity contribution >= 4 is 34.8 Å². The molecule has 1 saturated heterocycles. The molecule has 0 bridgehead atoms. The largest absolute Gasteiger partial charge is 0.459 e. The summed E-state index contributed by atoms with van der Waals surface area (Å²) in [7, 11) is 0. The molecule has 2 amide bonds. The van der Waals surface area contributed by atoms with Crippen molar-refractivity contribution in [2.45, 2.75) is 13.8 Å². The van der Waals surface area contributed by atoms with Crippen molar-refractivity contribution in [3.05, 3.63) is 84.4 Å². The minimum absolute atomic E-state index is 0.0485. The van der Waals surface area contributed by atoms with Crippen LogP contribution in [0.15, 0.2) is 77.5 Å². The Kier molecular flexibility index (Phi) is 6.85. The minimum Gasteiger partial charge on any atom is -0.459 e. The summed E-state index contributed by atoms with van der Waals surface area (Å²) in [6.07, 6.45) is 3.27. The molecule has 2 aromatic carbocycles. The number of hydrogen-bond acceptors (Lipinski definition) is 7. The Balaban J connectivity index is 1.19. The standard InChI is InChI=1S/C28H28N6O3/c1-19-12-18-37-26(19)27(36)34-16-14-33(15-17-34)24-9-7-23(8-10-24)31-28-29-13-11-25(32-28)21-3-5-22(6-4-21)30-20(2)35/h3-13,18H,14-17H2,1-2H3,(H,30,35)(H,29,31,32). The van der Waals surface area contributed by atoms with Crippen LogP contribution in [-0.4, -0.2) is 52.9 Å². The van der Waals surface area contributed by atoms with Crippen LogP contribution in [0.5, 0.6) is 0 Å². The number of hydrogen-bond donors (Lipinski definition) is 2. The van der Waals surface area contributed by atoms with Gasteiger partial charge in [0.25, 0.3) is 5.91 Å². The van der Waals surface area contributed by atoms with Crippen LogP contribution < -0.4 is 15.5 Å². The topological polar surface area (TPSA) is 104 Å².